The van der Waals surface area contributed by atoms with Crippen LogP contribution in [0, 0.1) is 0 Å². The van der Waals surface area contributed by atoms with Gasteiger partial charge in [0.1, 0.15) is 0 Å². The van der Waals surface area contributed by atoms with Gasteiger partial charge in [0.25, 0.3) is 0 Å². The molecule has 0 spiro atoms. The lowest BCUT2D eigenvalue weighted by Crippen LogP contribution is -2.46. The molecule has 0 aliphatic carbocycles. The molecule has 3 heterocycles. The van der Waals surface area contributed by atoms with Crippen LogP contribution in [0.1, 0.15) is 18.9 Å². The van der Waals surface area contributed by atoms with Crippen molar-refractivity contribution in [1.82, 2.24) is 20.1 Å². The number of fused-ring (bicyclic) bond motifs is 1. The molecule has 0 saturated carbocycles. The zero-order chi connectivity index (χ0) is 17.8. The van der Waals surface area contributed by atoms with Gasteiger partial charge in [-0.05, 0) is 24.1 Å². The number of ether oxygens (including phenoxy) is 2. The van der Waals surface area contributed by atoms with E-state index in [2.05, 4.69) is 49.4 Å². The predicted molar refractivity (Wildman–Crippen MR) is 98.7 cm³/mol. The first-order valence-electron chi connectivity index (χ1n) is 9.11. The number of hydrogen-bond donors (Lipinski definition) is 1. The Labute approximate surface area is 153 Å². The molecule has 2 aliphatic rings. The van der Waals surface area contributed by atoms with Crippen LogP contribution in [-0.4, -0.2) is 59.6 Å². The van der Waals surface area contributed by atoms with Gasteiger partial charge in [0.2, 0.25) is 12.7 Å². The van der Waals surface area contributed by atoms with Crippen LogP contribution in [-0.2, 0) is 6.54 Å². The van der Waals surface area contributed by atoms with Gasteiger partial charge in [-0.1, -0.05) is 13.0 Å². The molecule has 2 aliphatic heterocycles. The number of hydrogen-bond acceptors (Lipinski definition) is 8. The van der Waals surface area contributed by atoms with Gasteiger partial charge < -0.3 is 19.7 Å². The highest BCUT2D eigenvalue weighted by molar-refractivity contribution is 5.44. The first-order valence-corrected chi connectivity index (χ1v) is 9.11. The third-order valence-corrected chi connectivity index (χ3v) is 4.62. The van der Waals surface area contributed by atoms with Crippen LogP contribution >= 0.6 is 0 Å². The standard InChI is InChI=1S/C18H24N6O2/c1-2-5-19-18-21-17(11-20-22-18)24-8-6-23(7-9-24)12-14-3-4-15-16(10-14)26-13-25-15/h3-4,10-11H,2,5-9,12-13H2,1H3,(H,19,21,22). The molecule has 1 N–H and O–H groups in total. The van der Waals surface area contributed by atoms with Crippen LogP contribution < -0.4 is 19.7 Å². The quantitative estimate of drug-likeness (QED) is 0.839. The zero-order valence-electron chi connectivity index (χ0n) is 15.0. The molecule has 1 aromatic heterocycles. The Kier molecular flexibility index (Phi) is 5.01. The number of rotatable bonds is 6. The normalized spacial score (nSPS) is 16.7. The van der Waals surface area contributed by atoms with E-state index in [1.165, 1.54) is 5.56 Å². The highest BCUT2D eigenvalue weighted by atomic mass is 16.7. The minimum atomic E-state index is 0.319. The molecule has 0 atom stereocenters. The largest absolute Gasteiger partial charge is 0.454 e. The number of nitrogens with one attached hydrogen (secondary N) is 1. The number of benzene rings is 1. The van der Waals surface area contributed by atoms with Crippen molar-refractivity contribution < 1.29 is 9.47 Å². The molecule has 1 saturated heterocycles. The van der Waals surface area contributed by atoms with E-state index in [0.29, 0.717) is 12.7 Å². The molecular formula is C18H24N6O2. The van der Waals surface area contributed by atoms with E-state index in [9.17, 15) is 0 Å². The topological polar surface area (TPSA) is 75.6 Å². The molecule has 0 unspecified atom stereocenters. The van der Waals surface area contributed by atoms with Crippen LogP contribution in [0.15, 0.2) is 24.4 Å². The lowest BCUT2D eigenvalue weighted by molar-refractivity contribution is 0.174. The third-order valence-electron chi connectivity index (χ3n) is 4.62. The average Bonchev–Trinajstić information content (AvgIpc) is 3.15. The van der Waals surface area contributed by atoms with Crippen LogP contribution in [0.3, 0.4) is 0 Å². The molecule has 1 aromatic carbocycles. The van der Waals surface area contributed by atoms with Crippen LogP contribution in [0.5, 0.6) is 11.5 Å². The predicted octanol–water partition coefficient (Wildman–Crippen LogP) is 1.74. The molecule has 0 radical (unpaired) electrons. The maximum Gasteiger partial charge on any atom is 0.244 e. The molecule has 0 amide bonds. The fourth-order valence-electron chi connectivity index (χ4n) is 3.19. The maximum atomic E-state index is 5.47. The smallest absolute Gasteiger partial charge is 0.244 e. The summed E-state index contributed by atoms with van der Waals surface area (Å²) in [5.74, 6) is 3.18. The van der Waals surface area contributed by atoms with Crippen molar-refractivity contribution in [3.8, 4) is 11.5 Å². The monoisotopic (exact) mass is 356 g/mol. The summed E-state index contributed by atoms with van der Waals surface area (Å²) in [7, 11) is 0. The lowest BCUT2D eigenvalue weighted by Gasteiger charge is -2.35. The van der Waals surface area contributed by atoms with E-state index >= 15 is 0 Å². The van der Waals surface area contributed by atoms with Crippen molar-refractivity contribution >= 4 is 11.8 Å². The second-order valence-electron chi connectivity index (χ2n) is 6.52. The highest BCUT2D eigenvalue weighted by Crippen LogP contribution is 2.32. The molecule has 4 rings (SSSR count). The molecule has 26 heavy (non-hydrogen) atoms. The Hall–Kier alpha value is -2.61. The molecule has 8 nitrogen and oxygen atoms in total. The second-order valence-corrected chi connectivity index (χ2v) is 6.52. The van der Waals surface area contributed by atoms with E-state index in [1.807, 2.05) is 6.07 Å². The van der Waals surface area contributed by atoms with Gasteiger partial charge in [-0.25, -0.2) is 0 Å². The molecule has 0 bridgehead atoms. The summed E-state index contributed by atoms with van der Waals surface area (Å²) in [5, 5.41) is 11.3. The zero-order valence-corrected chi connectivity index (χ0v) is 15.0. The Balaban J connectivity index is 1.32. The van der Waals surface area contributed by atoms with Crippen molar-refractivity contribution in [3.05, 3.63) is 30.0 Å². The van der Waals surface area contributed by atoms with Crippen molar-refractivity contribution in [3.63, 3.8) is 0 Å². The van der Waals surface area contributed by atoms with Gasteiger partial charge in [-0.15, -0.1) is 5.10 Å². The van der Waals surface area contributed by atoms with Gasteiger partial charge in [0.15, 0.2) is 17.3 Å². The molecule has 8 heteroatoms. The molecule has 1 fully saturated rings. The second kappa shape index (κ2) is 7.74. The molecular weight excluding hydrogens is 332 g/mol. The Morgan fingerprint density at radius 1 is 1.12 bits per heavy atom. The fourth-order valence-corrected chi connectivity index (χ4v) is 3.19. The van der Waals surface area contributed by atoms with E-state index in [4.69, 9.17) is 9.47 Å². The van der Waals surface area contributed by atoms with E-state index in [1.54, 1.807) is 6.20 Å². The van der Waals surface area contributed by atoms with Crippen LogP contribution in [0.2, 0.25) is 0 Å². The van der Waals surface area contributed by atoms with Crippen LogP contribution in [0.25, 0.3) is 0 Å². The van der Waals surface area contributed by atoms with E-state index in [0.717, 1.165) is 63.0 Å². The van der Waals surface area contributed by atoms with Gasteiger partial charge in [-0.3, -0.25) is 4.90 Å². The van der Waals surface area contributed by atoms with Gasteiger partial charge in [-0.2, -0.15) is 10.1 Å². The number of nitrogens with zero attached hydrogens (tertiary/aromatic N) is 5. The van der Waals surface area contributed by atoms with Gasteiger partial charge >= 0.3 is 0 Å². The van der Waals surface area contributed by atoms with Gasteiger partial charge in [0.05, 0.1) is 6.20 Å². The lowest BCUT2D eigenvalue weighted by atomic mass is 10.1. The average molecular weight is 356 g/mol. The van der Waals surface area contributed by atoms with E-state index in [-0.39, 0.29) is 0 Å². The Morgan fingerprint density at radius 2 is 1.96 bits per heavy atom. The minimum absolute atomic E-state index is 0.319. The Morgan fingerprint density at radius 3 is 2.81 bits per heavy atom. The van der Waals surface area contributed by atoms with Crippen LogP contribution in [0.4, 0.5) is 11.8 Å². The Bertz CT molecular complexity index is 748. The third kappa shape index (κ3) is 3.80. The minimum Gasteiger partial charge on any atom is -0.454 e. The SMILES string of the molecule is CCCNc1nncc(N2CCN(Cc3ccc4c(c3)OCO4)CC2)n1. The maximum absolute atomic E-state index is 5.47. The highest BCUT2D eigenvalue weighted by Gasteiger charge is 2.20. The van der Waals surface area contributed by atoms with E-state index < -0.39 is 0 Å². The summed E-state index contributed by atoms with van der Waals surface area (Å²) < 4.78 is 10.8. The summed E-state index contributed by atoms with van der Waals surface area (Å²) in [5.41, 5.74) is 1.25. The fraction of sp³-hybridized carbons (Fsp3) is 0.500. The van der Waals surface area contributed by atoms with Crippen molar-refractivity contribution in [2.45, 2.75) is 19.9 Å². The number of anilines is 2. The summed E-state index contributed by atoms with van der Waals surface area (Å²) >= 11 is 0. The van der Waals surface area contributed by atoms with Gasteiger partial charge in [0, 0.05) is 39.3 Å². The van der Waals surface area contributed by atoms with Crippen molar-refractivity contribution in [1.29, 1.82) is 0 Å². The first-order chi connectivity index (χ1) is 12.8. The molecule has 2 aromatic rings. The number of aromatic nitrogens is 3. The van der Waals surface area contributed by atoms with Crippen molar-refractivity contribution in [2.75, 3.05) is 49.7 Å². The van der Waals surface area contributed by atoms with Crippen molar-refractivity contribution in [2.24, 2.45) is 0 Å². The summed E-state index contributed by atoms with van der Waals surface area (Å²) in [6, 6.07) is 6.18. The summed E-state index contributed by atoms with van der Waals surface area (Å²) in [6.45, 7) is 8.02. The molecule has 138 valence electrons. The first kappa shape index (κ1) is 16.8. The summed E-state index contributed by atoms with van der Waals surface area (Å²) in [6.07, 6.45) is 2.77. The number of piperazine rings is 1. The summed E-state index contributed by atoms with van der Waals surface area (Å²) in [4.78, 5) is 9.28.